The van der Waals surface area contributed by atoms with E-state index >= 15 is 0 Å². The molecule has 1 fully saturated rings. The van der Waals surface area contributed by atoms with Crippen molar-refractivity contribution < 1.29 is 9.53 Å². The molecule has 6 nitrogen and oxygen atoms in total. The standard InChI is InChI=1S/C20H22N4O2S/c1-14-8-9-16(26-2)17-18(14)27-20(22-17)24-12-10-23(11-13-24)19(25)21-15-6-4-3-5-7-15/h3-9H,10-13H2,1-2H3,(H,21,25). The van der Waals surface area contributed by atoms with E-state index in [1.807, 2.05) is 41.3 Å². The molecule has 1 N–H and O–H groups in total. The highest BCUT2D eigenvalue weighted by molar-refractivity contribution is 7.22. The number of carbonyl (C=O) groups is 1. The average molecular weight is 382 g/mol. The van der Waals surface area contributed by atoms with Crippen LogP contribution in [0.5, 0.6) is 5.75 Å². The van der Waals surface area contributed by atoms with Crippen LogP contribution >= 0.6 is 11.3 Å². The normalized spacial score (nSPS) is 14.4. The number of hydrogen-bond donors (Lipinski definition) is 1. The fourth-order valence-electron chi connectivity index (χ4n) is 3.22. The number of aromatic nitrogens is 1. The summed E-state index contributed by atoms with van der Waals surface area (Å²) < 4.78 is 6.61. The molecule has 3 aromatic rings. The number of rotatable bonds is 3. The molecule has 0 atom stereocenters. The quantitative estimate of drug-likeness (QED) is 0.745. The summed E-state index contributed by atoms with van der Waals surface area (Å²) >= 11 is 1.69. The van der Waals surface area contributed by atoms with E-state index in [2.05, 4.69) is 23.2 Å². The van der Waals surface area contributed by atoms with Gasteiger partial charge < -0.3 is 19.9 Å². The van der Waals surface area contributed by atoms with Crippen LogP contribution in [-0.2, 0) is 0 Å². The molecule has 140 valence electrons. The van der Waals surface area contributed by atoms with Crippen LogP contribution in [0.25, 0.3) is 10.2 Å². The monoisotopic (exact) mass is 382 g/mol. The number of fused-ring (bicyclic) bond motifs is 1. The van der Waals surface area contributed by atoms with Crippen LogP contribution in [0.3, 0.4) is 0 Å². The number of nitrogens with zero attached hydrogens (tertiary/aromatic N) is 3. The molecule has 1 saturated heterocycles. The number of para-hydroxylation sites is 1. The number of ether oxygens (including phenoxy) is 1. The maximum Gasteiger partial charge on any atom is 0.321 e. The van der Waals surface area contributed by atoms with Crippen molar-refractivity contribution in [1.82, 2.24) is 9.88 Å². The molecular formula is C20H22N4O2S. The van der Waals surface area contributed by atoms with Gasteiger partial charge in [0.05, 0.1) is 11.8 Å². The molecule has 1 aromatic heterocycles. The van der Waals surface area contributed by atoms with E-state index in [0.29, 0.717) is 13.1 Å². The topological polar surface area (TPSA) is 57.7 Å². The number of carbonyl (C=O) groups excluding carboxylic acids is 1. The molecule has 0 bridgehead atoms. The highest BCUT2D eigenvalue weighted by atomic mass is 32.1. The van der Waals surface area contributed by atoms with E-state index in [-0.39, 0.29) is 6.03 Å². The molecule has 1 aliphatic heterocycles. The molecule has 2 heterocycles. The maximum atomic E-state index is 12.4. The molecule has 7 heteroatoms. The number of hydrogen-bond acceptors (Lipinski definition) is 5. The third kappa shape index (κ3) is 3.55. The molecule has 1 aliphatic rings. The summed E-state index contributed by atoms with van der Waals surface area (Å²) in [5.74, 6) is 0.805. The zero-order chi connectivity index (χ0) is 18.8. The van der Waals surface area contributed by atoms with Crippen LogP contribution < -0.4 is 15.0 Å². The number of amides is 2. The second-order valence-electron chi connectivity index (χ2n) is 6.53. The molecule has 0 spiro atoms. The van der Waals surface area contributed by atoms with E-state index in [1.165, 1.54) is 5.56 Å². The van der Waals surface area contributed by atoms with Crippen molar-refractivity contribution in [3.05, 3.63) is 48.0 Å². The van der Waals surface area contributed by atoms with Gasteiger partial charge >= 0.3 is 6.03 Å². The molecular weight excluding hydrogens is 360 g/mol. The van der Waals surface area contributed by atoms with Gasteiger partial charge in [0.1, 0.15) is 11.3 Å². The number of aryl methyl sites for hydroxylation is 1. The van der Waals surface area contributed by atoms with Crippen LogP contribution in [0.2, 0.25) is 0 Å². The van der Waals surface area contributed by atoms with Crippen LogP contribution in [-0.4, -0.2) is 49.2 Å². The Bertz CT molecular complexity index is 949. The fourth-order valence-corrected chi connectivity index (χ4v) is 4.33. The van der Waals surface area contributed by atoms with Crippen LogP contribution in [0.1, 0.15) is 5.56 Å². The Morgan fingerprint density at radius 1 is 1.11 bits per heavy atom. The minimum Gasteiger partial charge on any atom is -0.494 e. The molecule has 27 heavy (non-hydrogen) atoms. The Morgan fingerprint density at radius 2 is 1.85 bits per heavy atom. The number of piperazine rings is 1. The van der Waals surface area contributed by atoms with Crippen molar-refractivity contribution in [1.29, 1.82) is 0 Å². The molecule has 2 amide bonds. The summed E-state index contributed by atoms with van der Waals surface area (Å²) in [6, 6.07) is 13.5. The fraction of sp³-hybridized carbons (Fsp3) is 0.300. The number of nitrogens with one attached hydrogen (secondary N) is 1. The zero-order valence-corrected chi connectivity index (χ0v) is 16.3. The van der Waals surface area contributed by atoms with Gasteiger partial charge in [0.15, 0.2) is 5.13 Å². The molecule has 0 unspecified atom stereocenters. The lowest BCUT2D eigenvalue weighted by Gasteiger charge is -2.34. The SMILES string of the molecule is COc1ccc(C)c2sc(N3CCN(C(=O)Nc4ccccc4)CC3)nc12. The predicted octanol–water partition coefficient (Wildman–Crippen LogP) is 3.97. The van der Waals surface area contributed by atoms with E-state index < -0.39 is 0 Å². The summed E-state index contributed by atoms with van der Waals surface area (Å²) in [5.41, 5.74) is 2.94. The van der Waals surface area contributed by atoms with Crippen molar-refractivity contribution in [3.63, 3.8) is 0 Å². The largest absolute Gasteiger partial charge is 0.494 e. The minimum absolute atomic E-state index is 0.0531. The van der Waals surface area contributed by atoms with E-state index in [0.717, 1.165) is 39.9 Å². The van der Waals surface area contributed by atoms with Crippen molar-refractivity contribution in [3.8, 4) is 5.75 Å². The third-order valence-electron chi connectivity index (χ3n) is 4.77. The van der Waals surface area contributed by atoms with Crippen molar-refractivity contribution >= 4 is 38.4 Å². The molecule has 4 rings (SSSR count). The minimum atomic E-state index is -0.0531. The van der Waals surface area contributed by atoms with Gasteiger partial charge in [-0.3, -0.25) is 0 Å². The van der Waals surface area contributed by atoms with Crippen LogP contribution in [0.4, 0.5) is 15.6 Å². The smallest absolute Gasteiger partial charge is 0.321 e. The number of urea groups is 1. The van der Waals surface area contributed by atoms with Gasteiger partial charge in [-0.1, -0.05) is 35.6 Å². The van der Waals surface area contributed by atoms with Gasteiger partial charge in [-0.05, 0) is 30.7 Å². The predicted molar refractivity (Wildman–Crippen MR) is 110 cm³/mol. The first kappa shape index (κ1) is 17.6. The van der Waals surface area contributed by atoms with E-state index in [1.54, 1.807) is 18.4 Å². The van der Waals surface area contributed by atoms with Crippen molar-refractivity contribution in [2.45, 2.75) is 6.92 Å². The van der Waals surface area contributed by atoms with Crippen molar-refractivity contribution in [2.24, 2.45) is 0 Å². The van der Waals surface area contributed by atoms with Gasteiger partial charge in [-0.15, -0.1) is 0 Å². The molecule has 2 aromatic carbocycles. The van der Waals surface area contributed by atoms with Crippen molar-refractivity contribution in [2.75, 3.05) is 43.5 Å². The lowest BCUT2D eigenvalue weighted by molar-refractivity contribution is 0.208. The number of anilines is 2. The highest BCUT2D eigenvalue weighted by Gasteiger charge is 2.24. The highest BCUT2D eigenvalue weighted by Crippen LogP contribution is 2.36. The summed E-state index contributed by atoms with van der Waals surface area (Å²) in [7, 11) is 1.67. The number of methoxy groups -OCH3 is 1. The molecule has 0 aliphatic carbocycles. The number of benzene rings is 2. The summed E-state index contributed by atoms with van der Waals surface area (Å²) in [4.78, 5) is 21.3. The Morgan fingerprint density at radius 3 is 2.56 bits per heavy atom. The van der Waals surface area contributed by atoms with E-state index in [9.17, 15) is 4.79 Å². The second-order valence-corrected chi connectivity index (χ2v) is 7.51. The Labute approximate surface area is 162 Å². The third-order valence-corrected chi connectivity index (χ3v) is 6.03. The van der Waals surface area contributed by atoms with Gasteiger partial charge in [0, 0.05) is 31.9 Å². The summed E-state index contributed by atoms with van der Waals surface area (Å²) in [6.07, 6.45) is 0. The lowest BCUT2D eigenvalue weighted by Crippen LogP contribution is -2.50. The van der Waals surface area contributed by atoms with Crippen LogP contribution in [0, 0.1) is 6.92 Å². The van der Waals surface area contributed by atoms with Gasteiger partial charge in [0.2, 0.25) is 0 Å². The Hall–Kier alpha value is -2.80. The molecule has 0 saturated carbocycles. The summed E-state index contributed by atoms with van der Waals surface area (Å²) in [5, 5.41) is 3.94. The summed E-state index contributed by atoms with van der Waals surface area (Å²) in [6.45, 7) is 4.97. The first-order valence-electron chi connectivity index (χ1n) is 8.96. The Kier molecular flexibility index (Phi) is 4.85. The Balaban J connectivity index is 1.44. The first-order chi connectivity index (χ1) is 13.2. The second kappa shape index (κ2) is 7.44. The van der Waals surface area contributed by atoms with Crippen LogP contribution in [0.15, 0.2) is 42.5 Å². The van der Waals surface area contributed by atoms with Gasteiger partial charge in [0.25, 0.3) is 0 Å². The molecule has 0 radical (unpaired) electrons. The van der Waals surface area contributed by atoms with Gasteiger partial charge in [-0.25, -0.2) is 9.78 Å². The lowest BCUT2D eigenvalue weighted by atomic mass is 10.2. The van der Waals surface area contributed by atoms with Gasteiger partial charge in [-0.2, -0.15) is 0 Å². The number of thiazole rings is 1. The zero-order valence-electron chi connectivity index (χ0n) is 15.4. The average Bonchev–Trinajstić information content (AvgIpc) is 3.16. The van der Waals surface area contributed by atoms with E-state index in [4.69, 9.17) is 9.72 Å². The first-order valence-corrected chi connectivity index (χ1v) is 9.77. The maximum absolute atomic E-state index is 12.4.